The molecule has 5 N–H and O–H groups in total. The summed E-state index contributed by atoms with van der Waals surface area (Å²) in [7, 11) is 1.87. The van der Waals surface area contributed by atoms with Gasteiger partial charge in [-0.2, -0.15) is 5.10 Å². The Morgan fingerprint density at radius 1 is 1.30 bits per heavy atom. The van der Waals surface area contributed by atoms with Gasteiger partial charge in [0.25, 0.3) is 5.56 Å². The molecule has 0 bridgehead atoms. The summed E-state index contributed by atoms with van der Waals surface area (Å²) in [5, 5.41) is 7.74. The molecule has 1 aliphatic rings. The van der Waals surface area contributed by atoms with Crippen LogP contribution in [0.1, 0.15) is 31.4 Å². The zero-order chi connectivity index (χ0) is 19.0. The Morgan fingerprint density at radius 3 is 2.78 bits per heavy atom. The largest absolute Gasteiger partial charge is 0.382 e. The normalized spacial score (nSPS) is 20.0. The van der Waals surface area contributed by atoms with Gasteiger partial charge in [-0.1, -0.05) is 0 Å². The molecule has 27 heavy (non-hydrogen) atoms. The minimum atomic E-state index is -0.168. The highest BCUT2D eigenvalue weighted by atomic mass is 16.1. The van der Waals surface area contributed by atoms with Gasteiger partial charge >= 0.3 is 0 Å². The third kappa shape index (κ3) is 3.52. The van der Waals surface area contributed by atoms with Crippen LogP contribution in [0.4, 0.5) is 5.69 Å². The van der Waals surface area contributed by atoms with Crippen LogP contribution in [0.5, 0.6) is 0 Å². The van der Waals surface area contributed by atoms with Gasteiger partial charge in [-0.3, -0.25) is 9.48 Å². The van der Waals surface area contributed by atoms with E-state index in [1.165, 1.54) is 0 Å². The molecule has 0 atom stereocenters. The van der Waals surface area contributed by atoms with Crippen molar-refractivity contribution in [2.45, 2.75) is 44.7 Å². The van der Waals surface area contributed by atoms with Gasteiger partial charge in [-0.15, -0.1) is 0 Å². The van der Waals surface area contributed by atoms with E-state index in [1.54, 1.807) is 17.1 Å². The number of pyridine rings is 1. The number of aromatic nitrogens is 5. The highest BCUT2D eigenvalue weighted by Crippen LogP contribution is 2.29. The molecule has 0 unspecified atom stereocenters. The predicted molar refractivity (Wildman–Crippen MR) is 105 cm³/mol. The Morgan fingerprint density at radius 2 is 2.07 bits per heavy atom. The van der Waals surface area contributed by atoms with Gasteiger partial charge in [0, 0.05) is 42.8 Å². The lowest BCUT2D eigenvalue weighted by Gasteiger charge is -2.28. The minimum absolute atomic E-state index is 0.168. The number of imidazole rings is 1. The van der Waals surface area contributed by atoms with E-state index >= 15 is 0 Å². The first-order valence-corrected chi connectivity index (χ1v) is 9.31. The maximum atomic E-state index is 12.6. The molecule has 1 saturated carbocycles. The Bertz CT molecular complexity index is 992. The van der Waals surface area contributed by atoms with E-state index in [0.29, 0.717) is 17.4 Å². The van der Waals surface area contributed by atoms with Crippen molar-refractivity contribution in [1.29, 1.82) is 0 Å². The van der Waals surface area contributed by atoms with Gasteiger partial charge in [0.2, 0.25) is 0 Å². The third-order valence-electron chi connectivity index (χ3n) is 5.19. The molecule has 8 nitrogen and oxygen atoms in total. The summed E-state index contributed by atoms with van der Waals surface area (Å²) < 4.78 is 1.74. The van der Waals surface area contributed by atoms with Crippen molar-refractivity contribution >= 4 is 5.69 Å². The number of nitrogens with zero attached hydrogens (tertiary/aromatic N) is 3. The molecule has 3 aromatic heterocycles. The second-order valence-electron chi connectivity index (χ2n) is 7.31. The summed E-state index contributed by atoms with van der Waals surface area (Å²) >= 11 is 0. The van der Waals surface area contributed by atoms with Crippen molar-refractivity contribution in [2.24, 2.45) is 12.8 Å². The lowest BCUT2D eigenvalue weighted by molar-refractivity contribution is 0.411. The van der Waals surface area contributed by atoms with Crippen molar-refractivity contribution in [3.05, 3.63) is 40.7 Å². The number of aryl methyl sites for hydroxylation is 2. The molecule has 0 radical (unpaired) electrons. The number of rotatable bonds is 4. The first-order valence-electron chi connectivity index (χ1n) is 9.31. The summed E-state index contributed by atoms with van der Waals surface area (Å²) in [6.07, 6.45) is 9.36. The van der Waals surface area contributed by atoms with Crippen LogP contribution in [0.2, 0.25) is 0 Å². The van der Waals surface area contributed by atoms with Crippen molar-refractivity contribution in [3.63, 3.8) is 0 Å². The fourth-order valence-corrected chi connectivity index (χ4v) is 3.72. The smallest absolute Gasteiger partial charge is 0.261 e. The molecule has 0 amide bonds. The van der Waals surface area contributed by atoms with E-state index < -0.39 is 0 Å². The standard InChI is InChI=1S/C19H25N7O/c1-11-17(12-9-22-26(2)10-12)25-18(23-11)16-15(7-8-21-19(16)27)24-14-5-3-13(20)4-6-14/h7-10,13-14H,3-6,20H2,1-2H3,(H,23,25)(H2,21,24,27). The SMILES string of the molecule is Cc1[nH]c(-c2c(NC3CCC(N)CC3)cc[nH]c2=O)nc1-c1cnn(C)c1. The molecular formula is C19H25N7O. The summed E-state index contributed by atoms with van der Waals surface area (Å²) in [4.78, 5) is 23.3. The molecule has 0 aliphatic heterocycles. The monoisotopic (exact) mass is 367 g/mol. The fourth-order valence-electron chi connectivity index (χ4n) is 3.72. The van der Waals surface area contributed by atoms with Crippen LogP contribution >= 0.6 is 0 Å². The number of nitrogens with one attached hydrogen (secondary N) is 3. The molecule has 3 heterocycles. The Kier molecular flexibility index (Phi) is 4.57. The van der Waals surface area contributed by atoms with Crippen molar-refractivity contribution in [2.75, 3.05) is 5.32 Å². The number of aromatic amines is 2. The Labute approximate surface area is 157 Å². The average molecular weight is 367 g/mol. The van der Waals surface area contributed by atoms with E-state index in [1.807, 2.05) is 26.2 Å². The number of anilines is 1. The van der Waals surface area contributed by atoms with Crippen molar-refractivity contribution in [3.8, 4) is 22.6 Å². The second-order valence-corrected chi connectivity index (χ2v) is 7.31. The Hall–Kier alpha value is -2.87. The molecular weight excluding hydrogens is 342 g/mol. The van der Waals surface area contributed by atoms with E-state index in [9.17, 15) is 4.79 Å². The van der Waals surface area contributed by atoms with Crippen LogP contribution in [0, 0.1) is 6.92 Å². The Balaban J connectivity index is 1.69. The summed E-state index contributed by atoms with van der Waals surface area (Å²) in [6, 6.07) is 2.50. The second kappa shape index (κ2) is 7.03. The average Bonchev–Trinajstić information content (AvgIpc) is 3.22. The quantitative estimate of drug-likeness (QED) is 0.564. The zero-order valence-electron chi connectivity index (χ0n) is 15.6. The van der Waals surface area contributed by atoms with Crippen LogP contribution in [0.3, 0.4) is 0 Å². The molecule has 4 rings (SSSR count). The lowest BCUT2D eigenvalue weighted by atomic mass is 9.91. The van der Waals surface area contributed by atoms with Gasteiger partial charge in [0.05, 0.1) is 17.6 Å². The first kappa shape index (κ1) is 17.5. The highest BCUT2D eigenvalue weighted by Gasteiger charge is 2.22. The lowest BCUT2D eigenvalue weighted by Crippen LogP contribution is -2.33. The van der Waals surface area contributed by atoms with Gasteiger partial charge in [0.15, 0.2) is 0 Å². The molecule has 1 fully saturated rings. The number of H-pyrrole nitrogens is 2. The molecule has 3 aromatic rings. The number of hydrogen-bond acceptors (Lipinski definition) is 5. The van der Waals surface area contributed by atoms with Gasteiger partial charge in [-0.25, -0.2) is 4.98 Å². The summed E-state index contributed by atoms with van der Waals surface area (Å²) in [5.74, 6) is 0.559. The summed E-state index contributed by atoms with van der Waals surface area (Å²) in [5.41, 5.74) is 9.79. The van der Waals surface area contributed by atoms with Crippen LogP contribution in [0.25, 0.3) is 22.6 Å². The predicted octanol–water partition coefficient (Wildman–Crippen LogP) is 2.16. The number of nitrogens with two attached hydrogens (primary N) is 1. The molecule has 0 saturated heterocycles. The van der Waals surface area contributed by atoms with Crippen LogP contribution < -0.4 is 16.6 Å². The topological polar surface area (TPSA) is 117 Å². The highest BCUT2D eigenvalue weighted by molar-refractivity contribution is 5.75. The molecule has 0 aromatic carbocycles. The third-order valence-corrected chi connectivity index (χ3v) is 5.19. The van der Waals surface area contributed by atoms with Gasteiger partial charge in [0.1, 0.15) is 11.4 Å². The molecule has 1 aliphatic carbocycles. The van der Waals surface area contributed by atoms with E-state index in [4.69, 9.17) is 10.7 Å². The molecule has 0 spiro atoms. The minimum Gasteiger partial charge on any atom is -0.382 e. The maximum absolute atomic E-state index is 12.6. The summed E-state index contributed by atoms with van der Waals surface area (Å²) in [6.45, 7) is 1.95. The van der Waals surface area contributed by atoms with Crippen LogP contribution in [-0.2, 0) is 7.05 Å². The maximum Gasteiger partial charge on any atom is 0.261 e. The fraction of sp³-hybridized carbons (Fsp3) is 0.421. The van der Waals surface area contributed by atoms with Crippen molar-refractivity contribution in [1.82, 2.24) is 24.7 Å². The van der Waals surface area contributed by atoms with E-state index in [2.05, 4.69) is 20.4 Å². The van der Waals surface area contributed by atoms with Gasteiger partial charge < -0.3 is 21.0 Å². The zero-order valence-corrected chi connectivity index (χ0v) is 15.6. The van der Waals surface area contributed by atoms with E-state index in [-0.39, 0.29) is 11.6 Å². The molecule has 8 heteroatoms. The van der Waals surface area contributed by atoms with E-state index in [0.717, 1.165) is 48.3 Å². The van der Waals surface area contributed by atoms with Crippen LogP contribution in [0.15, 0.2) is 29.5 Å². The van der Waals surface area contributed by atoms with Crippen molar-refractivity contribution < 1.29 is 0 Å². The number of hydrogen-bond donors (Lipinski definition) is 4. The first-order chi connectivity index (χ1) is 13.0. The van der Waals surface area contributed by atoms with Crippen LogP contribution in [-0.4, -0.2) is 36.8 Å². The van der Waals surface area contributed by atoms with Gasteiger partial charge in [-0.05, 0) is 38.7 Å². The molecule has 142 valence electrons.